The lowest BCUT2D eigenvalue weighted by Gasteiger charge is -2.20. The smallest absolute Gasteiger partial charge is 0.194 e. The molecule has 0 radical (unpaired) electrons. The lowest BCUT2D eigenvalue weighted by atomic mass is 10.1. The standard InChI is InChI=1S/C15H22FN3O.HI/c1-2-17-15(19-10-8-14(20)11-19)18-9-7-12-3-5-13(16)6-4-12;/h3-6,14,20H,2,7-11H2,1H3,(H,17,18);1H/t14-;/m1./s1. The largest absolute Gasteiger partial charge is 0.391 e. The molecule has 1 atom stereocenters. The van der Waals surface area contributed by atoms with Gasteiger partial charge in [-0.2, -0.15) is 0 Å². The van der Waals surface area contributed by atoms with Gasteiger partial charge in [-0.05, 0) is 37.5 Å². The number of nitrogens with zero attached hydrogens (tertiary/aromatic N) is 2. The Labute approximate surface area is 142 Å². The molecule has 6 heteroatoms. The molecule has 1 heterocycles. The van der Waals surface area contributed by atoms with Crippen molar-refractivity contribution in [3.8, 4) is 0 Å². The zero-order valence-electron chi connectivity index (χ0n) is 12.3. The van der Waals surface area contributed by atoms with Gasteiger partial charge in [0, 0.05) is 26.2 Å². The molecule has 0 amide bonds. The van der Waals surface area contributed by atoms with Gasteiger partial charge in [0.15, 0.2) is 5.96 Å². The van der Waals surface area contributed by atoms with Crippen LogP contribution in [0.5, 0.6) is 0 Å². The van der Waals surface area contributed by atoms with E-state index < -0.39 is 0 Å². The highest BCUT2D eigenvalue weighted by atomic mass is 127. The summed E-state index contributed by atoms with van der Waals surface area (Å²) in [5.41, 5.74) is 1.08. The Morgan fingerprint density at radius 2 is 2.14 bits per heavy atom. The minimum atomic E-state index is -0.254. The van der Waals surface area contributed by atoms with Crippen LogP contribution in [0.2, 0.25) is 0 Å². The molecule has 1 aromatic carbocycles. The molecule has 0 saturated carbocycles. The topological polar surface area (TPSA) is 47.9 Å². The molecule has 1 fully saturated rings. The van der Waals surface area contributed by atoms with Crippen LogP contribution >= 0.6 is 24.0 Å². The lowest BCUT2D eigenvalue weighted by Crippen LogP contribution is -2.40. The maximum Gasteiger partial charge on any atom is 0.194 e. The van der Waals surface area contributed by atoms with E-state index in [9.17, 15) is 9.50 Å². The third-order valence-electron chi connectivity index (χ3n) is 3.37. The fourth-order valence-electron chi connectivity index (χ4n) is 2.30. The van der Waals surface area contributed by atoms with Crippen molar-refractivity contribution in [2.24, 2.45) is 4.99 Å². The maximum atomic E-state index is 12.8. The molecule has 2 N–H and O–H groups in total. The second-order valence-electron chi connectivity index (χ2n) is 5.00. The van der Waals surface area contributed by atoms with Crippen molar-refractivity contribution >= 4 is 29.9 Å². The number of benzene rings is 1. The number of hydrogen-bond acceptors (Lipinski definition) is 2. The monoisotopic (exact) mass is 407 g/mol. The Balaban J connectivity index is 0.00000220. The number of β-amino-alcohol motifs (C(OH)–C–C–N with tert-alkyl or cyclic N) is 1. The second kappa shape index (κ2) is 9.19. The highest BCUT2D eigenvalue weighted by Gasteiger charge is 2.22. The first-order valence-corrected chi connectivity index (χ1v) is 7.15. The van der Waals surface area contributed by atoms with Gasteiger partial charge >= 0.3 is 0 Å². The zero-order valence-corrected chi connectivity index (χ0v) is 14.6. The summed E-state index contributed by atoms with van der Waals surface area (Å²) in [6, 6.07) is 6.52. The van der Waals surface area contributed by atoms with Gasteiger partial charge in [-0.25, -0.2) is 4.39 Å². The summed E-state index contributed by atoms with van der Waals surface area (Å²) in [6.07, 6.45) is 1.32. The molecule has 21 heavy (non-hydrogen) atoms. The van der Waals surface area contributed by atoms with Crippen LogP contribution in [-0.2, 0) is 6.42 Å². The maximum absolute atomic E-state index is 12.8. The van der Waals surface area contributed by atoms with Gasteiger partial charge < -0.3 is 15.3 Å². The van der Waals surface area contributed by atoms with Crippen molar-refractivity contribution in [1.29, 1.82) is 0 Å². The van der Waals surface area contributed by atoms with Gasteiger partial charge in [0.05, 0.1) is 6.10 Å². The van der Waals surface area contributed by atoms with Gasteiger partial charge in [-0.15, -0.1) is 24.0 Å². The molecule has 0 bridgehead atoms. The van der Waals surface area contributed by atoms with Crippen LogP contribution in [0.3, 0.4) is 0 Å². The van der Waals surface area contributed by atoms with Crippen molar-refractivity contribution in [2.45, 2.75) is 25.9 Å². The van der Waals surface area contributed by atoms with E-state index in [4.69, 9.17) is 0 Å². The molecule has 0 aromatic heterocycles. The van der Waals surface area contributed by atoms with Crippen molar-refractivity contribution in [3.05, 3.63) is 35.6 Å². The van der Waals surface area contributed by atoms with E-state index in [2.05, 4.69) is 15.2 Å². The molecular formula is C15H23FIN3O. The number of aliphatic hydroxyl groups is 1. The van der Waals surface area contributed by atoms with E-state index in [-0.39, 0.29) is 35.9 Å². The third kappa shape index (κ3) is 5.78. The molecule has 1 aliphatic rings. The fourth-order valence-corrected chi connectivity index (χ4v) is 2.30. The van der Waals surface area contributed by atoms with Crippen molar-refractivity contribution in [3.63, 3.8) is 0 Å². The average Bonchev–Trinajstić information content (AvgIpc) is 2.86. The molecule has 1 saturated heterocycles. The van der Waals surface area contributed by atoms with Crippen LogP contribution in [0.4, 0.5) is 4.39 Å². The Morgan fingerprint density at radius 1 is 1.43 bits per heavy atom. The molecule has 0 spiro atoms. The Kier molecular flexibility index (Phi) is 7.95. The third-order valence-corrected chi connectivity index (χ3v) is 3.37. The second-order valence-corrected chi connectivity index (χ2v) is 5.00. The summed E-state index contributed by atoms with van der Waals surface area (Å²) < 4.78 is 12.8. The summed E-state index contributed by atoms with van der Waals surface area (Å²) >= 11 is 0. The predicted octanol–water partition coefficient (Wildman–Crippen LogP) is 2.02. The molecule has 1 aromatic rings. The Hall–Kier alpha value is -0.890. The van der Waals surface area contributed by atoms with E-state index >= 15 is 0 Å². The highest BCUT2D eigenvalue weighted by Crippen LogP contribution is 2.09. The average molecular weight is 407 g/mol. The first kappa shape index (κ1) is 18.2. The SMILES string of the molecule is CCNC(=NCCc1ccc(F)cc1)N1CC[C@@H](O)C1.I. The zero-order chi connectivity index (χ0) is 14.4. The number of guanidine groups is 1. The molecule has 1 aliphatic heterocycles. The van der Waals surface area contributed by atoms with E-state index in [1.54, 1.807) is 12.1 Å². The van der Waals surface area contributed by atoms with E-state index in [0.717, 1.165) is 37.5 Å². The van der Waals surface area contributed by atoms with Crippen LogP contribution in [-0.4, -0.2) is 48.2 Å². The molecular weight excluding hydrogens is 384 g/mol. The van der Waals surface area contributed by atoms with Gasteiger partial charge in [-0.3, -0.25) is 4.99 Å². The number of hydrogen-bond donors (Lipinski definition) is 2. The van der Waals surface area contributed by atoms with Gasteiger partial charge in [0.2, 0.25) is 0 Å². The number of aliphatic imine (C=N–C) groups is 1. The summed E-state index contributed by atoms with van der Waals surface area (Å²) in [5.74, 6) is 0.641. The number of nitrogens with one attached hydrogen (secondary N) is 1. The van der Waals surface area contributed by atoms with Crippen LogP contribution in [0.25, 0.3) is 0 Å². The highest BCUT2D eigenvalue weighted by molar-refractivity contribution is 14.0. The van der Waals surface area contributed by atoms with Gasteiger partial charge in [-0.1, -0.05) is 12.1 Å². The Morgan fingerprint density at radius 3 is 2.71 bits per heavy atom. The normalized spacial score (nSPS) is 18.5. The summed E-state index contributed by atoms with van der Waals surface area (Å²) in [5, 5.41) is 12.8. The van der Waals surface area contributed by atoms with E-state index in [1.807, 2.05) is 6.92 Å². The molecule has 0 aliphatic carbocycles. The fraction of sp³-hybridized carbons (Fsp3) is 0.533. The number of likely N-dealkylation sites (tertiary alicyclic amines) is 1. The van der Waals surface area contributed by atoms with Crippen molar-refractivity contribution in [1.82, 2.24) is 10.2 Å². The first-order valence-electron chi connectivity index (χ1n) is 7.15. The van der Waals surface area contributed by atoms with Gasteiger partial charge in [0.1, 0.15) is 5.82 Å². The quantitative estimate of drug-likeness (QED) is 0.456. The number of rotatable bonds is 4. The molecule has 0 unspecified atom stereocenters. The molecule has 118 valence electrons. The molecule has 2 rings (SSSR count). The minimum Gasteiger partial charge on any atom is -0.391 e. The minimum absolute atomic E-state index is 0. The Bertz CT molecular complexity index is 453. The predicted molar refractivity (Wildman–Crippen MR) is 93.7 cm³/mol. The summed E-state index contributed by atoms with van der Waals surface area (Å²) in [4.78, 5) is 6.66. The van der Waals surface area contributed by atoms with Crippen LogP contribution in [0.15, 0.2) is 29.3 Å². The van der Waals surface area contributed by atoms with Crippen LogP contribution in [0.1, 0.15) is 18.9 Å². The summed E-state index contributed by atoms with van der Waals surface area (Å²) in [7, 11) is 0. The van der Waals surface area contributed by atoms with E-state index in [0.29, 0.717) is 13.1 Å². The van der Waals surface area contributed by atoms with Crippen molar-refractivity contribution in [2.75, 3.05) is 26.2 Å². The molecule has 4 nitrogen and oxygen atoms in total. The van der Waals surface area contributed by atoms with Crippen LogP contribution < -0.4 is 5.32 Å². The summed E-state index contributed by atoms with van der Waals surface area (Å²) in [6.45, 7) is 4.97. The van der Waals surface area contributed by atoms with Crippen molar-refractivity contribution < 1.29 is 9.50 Å². The first-order chi connectivity index (χ1) is 9.69. The van der Waals surface area contributed by atoms with Gasteiger partial charge in [0.25, 0.3) is 0 Å². The number of aliphatic hydroxyl groups excluding tert-OH is 1. The number of halogens is 2. The lowest BCUT2D eigenvalue weighted by molar-refractivity contribution is 0.188. The van der Waals surface area contributed by atoms with E-state index in [1.165, 1.54) is 12.1 Å². The van der Waals surface area contributed by atoms with Crippen LogP contribution in [0, 0.1) is 5.82 Å².